The Morgan fingerprint density at radius 3 is 2.88 bits per heavy atom. The molecule has 0 amide bonds. The molecule has 0 bridgehead atoms. The largest absolute Gasteiger partial charge is 0.439 e. The molecule has 0 aromatic carbocycles. The van der Waals surface area contributed by atoms with Gasteiger partial charge in [0.25, 0.3) is 6.43 Å². The lowest BCUT2D eigenvalue weighted by Gasteiger charge is -2.21. The van der Waals surface area contributed by atoms with Gasteiger partial charge in [0.05, 0.1) is 5.69 Å². The third-order valence-electron chi connectivity index (χ3n) is 2.91. The quantitative estimate of drug-likeness (QED) is 0.867. The summed E-state index contributed by atoms with van der Waals surface area (Å²) in [5.41, 5.74) is 0.306. The molecule has 0 aliphatic carbocycles. The molecule has 1 aromatic heterocycles. The zero-order valence-corrected chi connectivity index (χ0v) is 9.30. The summed E-state index contributed by atoms with van der Waals surface area (Å²) in [6.07, 6.45) is 1.46. The van der Waals surface area contributed by atoms with Crippen molar-refractivity contribution >= 4 is 0 Å². The van der Waals surface area contributed by atoms with Gasteiger partial charge in [-0.3, -0.25) is 0 Å². The molecule has 90 valence electrons. The maximum absolute atomic E-state index is 12.5. The van der Waals surface area contributed by atoms with Crippen molar-refractivity contribution in [3.05, 3.63) is 17.3 Å². The standard InChI is InChI=1S/C11H16F2N2O/c1-7-10(11(12)13)16-9(15-7)6-8-4-2-3-5-14-8/h8,11,14H,2-6H2,1H3. The summed E-state index contributed by atoms with van der Waals surface area (Å²) in [6, 6.07) is 0.317. The number of rotatable bonds is 3. The van der Waals surface area contributed by atoms with Crippen molar-refractivity contribution in [2.24, 2.45) is 0 Å². The van der Waals surface area contributed by atoms with Gasteiger partial charge in [0.15, 0.2) is 11.7 Å². The van der Waals surface area contributed by atoms with E-state index in [1.165, 1.54) is 12.8 Å². The predicted octanol–water partition coefficient (Wildman–Crippen LogP) is 2.61. The minimum absolute atomic E-state index is 0.286. The molecule has 1 aliphatic heterocycles. The van der Waals surface area contributed by atoms with Gasteiger partial charge in [0, 0.05) is 12.5 Å². The van der Waals surface area contributed by atoms with E-state index in [0.717, 1.165) is 13.0 Å². The van der Waals surface area contributed by atoms with Gasteiger partial charge in [0.1, 0.15) is 0 Å². The van der Waals surface area contributed by atoms with Crippen molar-refractivity contribution in [1.82, 2.24) is 10.3 Å². The number of piperidine rings is 1. The van der Waals surface area contributed by atoms with Gasteiger partial charge in [-0.2, -0.15) is 0 Å². The summed E-state index contributed by atoms with van der Waals surface area (Å²) >= 11 is 0. The Morgan fingerprint density at radius 2 is 2.31 bits per heavy atom. The summed E-state index contributed by atoms with van der Waals surface area (Å²) in [6.45, 7) is 2.55. The Kier molecular flexibility index (Phi) is 3.53. The minimum atomic E-state index is -2.57. The molecule has 2 heterocycles. The lowest BCUT2D eigenvalue weighted by molar-refractivity contribution is 0.118. The second kappa shape index (κ2) is 4.91. The Balaban J connectivity index is 2.01. The zero-order valence-electron chi connectivity index (χ0n) is 9.30. The average molecular weight is 230 g/mol. The Hall–Kier alpha value is -0.970. The monoisotopic (exact) mass is 230 g/mol. The van der Waals surface area contributed by atoms with E-state index in [-0.39, 0.29) is 5.76 Å². The lowest BCUT2D eigenvalue weighted by atomic mass is 10.0. The fraction of sp³-hybridized carbons (Fsp3) is 0.727. The average Bonchev–Trinajstić information content (AvgIpc) is 2.61. The predicted molar refractivity (Wildman–Crippen MR) is 55.5 cm³/mol. The Labute approximate surface area is 93.2 Å². The third-order valence-corrected chi connectivity index (χ3v) is 2.91. The fourth-order valence-electron chi connectivity index (χ4n) is 2.06. The number of hydrogen-bond acceptors (Lipinski definition) is 3. The molecule has 0 saturated carbocycles. The first-order chi connectivity index (χ1) is 7.66. The van der Waals surface area contributed by atoms with E-state index in [2.05, 4.69) is 10.3 Å². The molecule has 0 radical (unpaired) electrons. The van der Waals surface area contributed by atoms with Crippen LogP contribution in [0.1, 0.15) is 43.0 Å². The zero-order chi connectivity index (χ0) is 11.5. The maximum atomic E-state index is 12.5. The van der Waals surface area contributed by atoms with E-state index in [0.29, 0.717) is 24.0 Å². The van der Waals surface area contributed by atoms with Gasteiger partial charge in [-0.15, -0.1) is 0 Å². The second-order valence-corrected chi connectivity index (χ2v) is 4.21. The van der Waals surface area contributed by atoms with Crippen LogP contribution in [0.15, 0.2) is 4.42 Å². The highest BCUT2D eigenvalue weighted by molar-refractivity contribution is 5.09. The van der Waals surface area contributed by atoms with Crippen LogP contribution in [0.5, 0.6) is 0 Å². The number of alkyl halides is 2. The topological polar surface area (TPSA) is 38.1 Å². The number of aromatic nitrogens is 1. The molecular formula is C11H16F2N2O. The van der Waals surface area contributed by atoms with Crippen LogP contribution in [0, 0.1) is 6.92 Å². The highest BCUT2D eigenvalue weighted by Gasteiger charge is 2.21. The van der Waals surface area contributed by atoms with E-state index in [4.69, 9.17) is 4.42 Å². The van der Waals surface area contributed by atoms with Crippen molar-refractivity contribution < 1.29 is 13.2 Å². The van der Waals surface area contributed by atoms with Crippen molar-refractivity contribution in [3.8, 4) is 0 Å². The van der Waals surface area contributed by atoms with Crippen molar-refractivity contribution in [2.75, 3.05) is 6.54 Å². The summed E-state index contributed by atoms with van der Waals surface area (Å²) in [7, 11) is 0. The smallest absolute Gasteiger partial charge is 0.297 e. The highest BCUT2D eigenvalue weighted by atomic mass is 19.3. The summed E-state index contributed by atoms with van der Waals surface area (Å²) < 4.78 is 30.0. The molecule has 1 unspecified atom stereocenters. The number of nitrogens with one attached hydrogen (secondary N) is 1. The van der Waals surface area contributed by atoms with E-state index in [1.54, 1.807) is 6.92 Å². The molecule has 2 rings (SSSR count). The normalized spacial score (nSPS) is 21.6. The van der Waals surface area contributed by atoms with Gasteiger partial charge < -0.3 is 9.73 Å². The van der Waals surface area contributed by atoms with Gasteiger partial charge in [-0.1, -0.05) is 6.42 Å². The van der Waals surface area contributed by atoms with Gasteiger partial charge in [-0.25, -0.2) is 13.8 Å². The lowest BCUT2D eigenvalue weighted by Crippen LogP contribution is -2.35. The molecular weight excluding hydrogens is 214 g/mol. The van der Waals surface area contributed by atoms with E-state index < -0.39 is 6.43 Å². The second-order valence-electron chi connectivity index (χ2n) is 4.21. The highest BCUT2D eigenvalue weighted by Crippen LogP contribution is 2.24. The van der Waals surface area contributed by atoms with Crippen molar-refractivity contribution in [2.45, 2.75) is 45.1 Å². The molecule has 1 N–H and O–H groups in total. The summed E-state index contributed by atoms with van der Waals surface area (Å²) in [5, 5.41) is 3.34. The van der Waals surface area contributed by atoms with Crippen LogP contribution < -0.4 is 5.32 Å². The molecule has 1 saturated heterocycles. The number of hydrogen-bond donors (Lipinski definition) is 1. The van der Waals surface area contributed by atoms with Crippen molar-refractivity contribution in [3.63, 3.8) is 0 Å². The summed E-state index contributed by atoms with van der Waals surface area (Å²) in [5.74, 6) is 0.137. The molecule has 1 fully saturated rings. The molecule has 1 atom stereocenters. The van der Waals surface area contributed by atoms with E-state index in [9.17, 15) is 8.78 Å². The van der Waals surface area contributed by atoms with Gasteiger partial charge in [0.2, 0.25) is 0 Å². The number of oxazole rings is 1. The number of aryl methyl sites for hydroxylation is 1. The number of halogens is 2. The maximum Gasteiger partial charge on any atom is 0.297 e. The molecule has 16 heavy (non-hydrogen) atoms. The van der Waals surface area contributed by atoms with Crippen LogP contribution in [-0.4, -0.2) is 17.6 Å². The van der Waals surface area contributed by atoms with Crippen LogP contribution >= 0.6 is 0 Å². The van der Waals surface area contributed by atoms with Gasteiger partial charge in [-0.05, 0) is 26.3 Å². The number of nitrogens with zero attached hydrogens (tertiary/aromatic N) is 1. The fourth-order valence-corrected chi connectivity index (χ4v) is 2.06. The third kappa shape index (κ3) is 2.58. The molecule has 0 spiro atoms. The molecule has 1 aromatic rings. The van der Waals surface area contributed by atoms with Crippen molar-refractivity contribution in [1.29, 1.82) is 0 Å². The first-order valence-corrected chi connectivity index (χ1v) is 5.64. The van der Waals surface area contributed by atoms with E-state index in [1.807, 2.05) is 0 Å². The summed E-state index contributed by atoms with van der Waals surface area (Å²) in [4.78, 5) is 4.04. The first kappa shape index (κ1) is 11.5. The molecule has 1 aliphatic rings. The SMILES string of the molecule is Cc1nc(CC2CCCCN2)oc1C(F)F. The minimum Gasteiger partial charge on any atom is -0.439 e. The van der Waals surface area contributed by atoms with Crippen LogP contribution in [0.25, 0.3) is 0 Å². The van der Waals surface area contributed by atoms with Gasteiger partial charge >= 0.3 is 0 Å². The Bertz CT molecular complexity index is 346. The van der Waals surface area contributed by atoms with Crippen LogP contribution in [-0.2, 0) is 6.42 Å². The van der Waals surface area contributed by atoms with Crippen LogP contribution in [0.3, 0.4) is 0 Å². The first-order valence-electron chi connectivity index (χ1n) is 5.64. The van der Waals surface area contributed by atoms with Crippen LogP contribution in [0.4, 0.5) is 8.78 Å². The van der Waals surface area contributed by atoms with Crippen LogP contribution in [0.2, 0.25) is 0 Å². The molecule has 3 nitrogen and oxygen atoms in total. The molecule has 5 heteroatoms. The Morgan fingerprint density at radius 1 is 1.50 bits per heavy atom. The van der Waals surface area contributed by atoms with E-state index >= 15 is 0 Å².